The quantitative estimate of drug-likeness (QED) is 0.824. The first-order valence-corrected chi connectivity index (χ1v) is 10.1. The van der Waals surface area contributed by atoms with Crippen LogP contribution in [0.3, 0.4) is 0 Å². The van der Waals surface area contributed by atoms with Gasteiger partial charge < -0.3 is 10.2 Å². The zero-order valence-corrected chi connectivity index (χ0v) is 17.1. The summed E-state index contributed by atoms with van der Waals surface area (Å²) in [6.07, 6.45) is 4.20. The van der Waals surface area contributed by atoms with Crippen molar-refractivity contribution in [2.24, 2.45) is 5.41 Å². The van der Waals surface area contributed by atoms with E-state index in [1.807, 2.05) is 0 Å². The maximum absolute atomic E-state index is 13.1. The van der Waals surface area contributed by atoms with Crippen molar-refractivity contribution in [2.75, 3.05) is 25.5 Å². The number of likely N-dealkylation sites (N-methyl/N-ethyl adjacent to an activating group) is 1. The molecule has 26 heavy (non-hydrogen) atoms. The Morgan fingerprint density at radius 1 is 1.19 bits per heavy atom. The van der Waals surface area contributed by atoms with Gasteiger partial charge in [0.2, 0.25) is 5.91 Å². The number of carbonyl (C=O) groups is 1. The van der Waals surface area contributed by atoms with Gasteiger partial charge >= 0.3 is 0 Å². The number of nitrogens with one attached hydrogen (secondary N) is 1. The molecule has 2 unspecified atom stereocenters. The molecule has 1 saturated heterocycles. The number of carbonyl (C=O) groups excluding carboxylic acids is 1. The van der Waals surface area contributed by atoms with E-state index in [2.05, 4.69) is 68.1 Å². The molecule has 0 saturated carbocycles. The summed E-state index contributed by atoms with van der Waals surface area (Å²) >= 11 is 0. The van der Waals surface area contributed by atoms with Crippen molar-refractivity contribution in [2.45, 2.75) is 72.0 Å². The highest BCUT2D eigenvalue weighted by molar-refractivity contribution is 5.77. The molecule has 1 fully saturated rings. The maximum Gasteiger partial charge on any atom is 0.223 e. The second-order valence-corrected chi connectivity index (χ2v) is 9.39. The summed E-state index contributed by atoms with van der Waals surface area (Å²) in [4.78, 5) is 17.8. The third kappa shape index (κ3) is 4.40. The normalized spacial score (nSPS) is 24.6. The molecule has 0 aromatic heterocycles. The van der Waals surface area contributed by atoms with Gasteiger partial charge in [-0.05, 0) is 49.8 Å². The van der Waals surface area contributed by atoms with Gasteiger partial charge in [-0.2, -0.15) is 0 Å². The molecule has 4 nitrogen and oxygen atoms in total. The number of anilines is 1. The highest BCUT2D eigenvalue weighted by Gasteiger charge is 2.33. The lowest BCUT2D eigenvalue weighted by molar-refractivity contribution is -0.134. The van der Waals surface area contributed by atoms with E-state index in [1.54, 1.807) is 0 Å². The number of hydrogen-bond donors (Lipinski definition) is 1. The number of para-hydroxylation sites is 1. The van der Waals surface area contributed by atoms with Crippen LogP contribution in [0.25, 0.3) is 0 Å². The fourth-order valence-electron chi connectivity index (χ4n) is 4.42. The van der Waals surface area contributed by atoms with Crippen LogP contribution >= 0.6 is 0 Å². The van der Waals surface area contributed by atoms with Crippen molar-refractivity contribution in [3.8, 4) is 0 Å². The predicted molar refractivity (Wildman–Crippen MR) is 108 cm³/mol. The molecule has 0 aliphatic carbocycles. The SMILES string of the molecule is Cc1cccc2c1NCCC1CCC(CN(C(=O)CC(C)(C)C)C2)N1C. The van der Waals surface area contributed by atoms with Gasteiger partial charge in [-0.3, -0.25) is 9.69 Å². The van der Waals surface area contributed by atoms with Crippen molar-refractivity contribution < 1.29 is 4.79 Å². The molecule has 2 aliphatic heterocycles. The Kier molecular flexibility index (Phi) is 5.61. The summed E-state index contributed by atoms with van der Waals surface area (Å²) in [7, 11) is 2.24. The average molecular weight is 358 g/mol. The van der Waals surface area contributed by atoms with E-state index in [0.29, 0.717) is 25.0 Å². The number of fused-ring (bicyclic) bond motifs is 3. The van der Waals surface area contributed by atoms with Crippen LogP contribution in [0.15, 0.2) is 18.2 Å². The Morgan fingerprint density at radius 3 is 2.65 bits per heavy atom. The van der Waals surface area contributed by atoms with Gasteiger partial charge in [-0.25, -0.2) is 0 Å². The molecule has 4 heteroatoms. The molecule has 1 N–H and O–H groups in total. The van der Waals surface area contributed by atoms with E-state index >= 15 is 0 Å². The second kappa shape index (κ2) is 7.59. The molecule has 0 spiro atoms. The minimum atomic E-state index is 0.0150. The van der Waals surface area contributed by atoms with Crippen LogP contribution in [0.4, 0.5) is 5.69 Å². The summed E-state index contributed by atoms with van der Waals surface area (Å²) < 4.78 is 0. The fourth-order valence-corrected chi connectivity index (χ4v) is 4.42. The topological polar surface area (TPSA) is 35.6 Å². The third-order valence-electron chi connectivity index (χ3n) is 5.95. The lowest BCUT2D eigenvalue weighted by Crippen LogP contribution is -2.44. The zero-order valence-electron chi connectivity index (χ0n) is 17.1. The monoisotopic (exact) mass is 357 g/mol. The first kappa shape index (κ1) is 19.2. The molecule has 1 aromatic carbocycles. The summed E-state index contributed by atoms with van der Waals surface area (Å²) in [5, 5.41) is 3.68. The summed E-state index contributed by atoms with van der Waals surface area (Å²) in [6, 6.07) is 7.55. The van der Waals surface area contributed by atoms with E-state index in [1.165, 1.54) is 29.7 Å². The molecule has 0 radical (unpaired) electrons. The van der Waals surface area contributed by atoms with Gasteiger partial charge in [0.15, 0.2) is 0 Å². The van der Waals surface area contributed by atoms with E-state index in [-0.39, 0.29) is 11.3 Å². The molecular formula is C22H35N3O. The highest BCUT2D eigenvalue weighted by atomic mass is 16.2. The van der Waals surface area contributed by atoms with E-state index in [0.717, 1.165) is 19.5 Å². The number of amides is 1. The van der Waals surface area contributed by atoms with Crippen LogP contribution < -0.4 is 5.32 Å². The molecule has 1 amide bonds. The van der Waals surface area contributed by atoms with Gasteiger partial charge in [-0.1, -0.05) is 39.0 Å². The van der Waals surface area contributed by atoms with Crippen LogP contribution in [-0.2, 0) is 11.3 Å². The van der Waals surface area contributed by atoms with Crippen LogP contribution in [-0.4, -0.2) is 47.9 Å². The van der Waals surface area contributed by atoms with E-state index < -0.39 is 0 Å². The highest BCUT2D eigenvalue weighted by Crippen LogP contribution is 2.30. The Balaban J connectivity index is 1.91. The molecule has 3 rings (SSSR count). The summed E-state index contributed by atoms with van der Waals surface area (Å²) in [5.74, 6) is 0.279. The minimum Gasteiger partial charge on any atom is -0.384 e. The zero-order chi connectivity index (χ0) is 18.9. The van der Waals surface area contributed by atoms with Crippen molar-refractivity contribution in [3.63, 3.8) is 0 Å². The number of benzene rings is 1. The predicted octanol–water partition coefficient (Wildman–Crippen LogP) is 4.04. The standard InChI is InChI=1S/C22H35N3O/c1-16-7-6-8-17-14-25(20(26)13-22(2,3)4)15-19-10-9-18(24(19)5)11-12-23-21(16)17/h6-8,18-19,23H,9-15H2,1-5H3. The number of hydrogen-bond acceptors (Lipinski definition) is 3. The third-order valence-corrected chi connectivity index (χ3v) is 5.95. The Morgan fingerprint density at radius 2 is 1.92 bits per heavy atom. The van der Waals surface area contributed by atoms with Gasteiger partial charge in [0.25, 0.3) is 0 Å². The van der Waals surface area contributed by atoms with Crippen LogP contribution in [0.1, 0.15) is 57.6 Å². The van der Waals surface area contributed by atoms with Gasteiger partial charge in [-0.15, -0.1) is 0 Å². The van der Waals surface area contributed by atoms with Crippen molar-refractivity contribution in [1.29, 1.82) is 0 Å². The van der Waals surface area contributed by atoms with Crippen LogP contribution in [0.2, 0.25) is 0 Å². The minimum absolute atomic E-state index is 0.0150. The average Bonchev–Trinajstić information content (AvgIpc) is 2.86. The lowest BCUT2D eigenvalue weighted by Gasteiger charge is -2.32. The second-order valence-electron chi connectivity index (χ2n) is 9.39. The van der Waals surface area contributed by atoms with E-state index in [9.17, 15) is 4.79 Å². The molecule has 2 aliphatic rings. The Hall–Kier alpha value is -1.55. The Labute approximate surface area is 158 Å². The van der Waals surface area contributed by atoms with Crippen molar-refractivity contribution in [1.82, 2.24) is 9.80 Å². The maximum atomic E-state index is 13.1. The molecule has 1 aromatic rings. The number of nitrogens with zero attached hydrogens (tertiary/aromatic N) is 2. The first-order valence-electron chi connectivity index (χ1n) is 10.1. The summed E-state index contributed by atoms with van der Waals surface area (Å²) in [5.41, 5.74) is 3.75. The number of aryl methyl sites for hydroxylation is 1. The Bertz CT molecular complexity index is 649. The molecule has 2 heterocycles. The van der Waals surface area contributed by atoms with Crippen molar-refractivity contribution in [3.05, 3.63) is 29.3 Å². The van der Waals surface area contributed by atoms with Gasteiger partial charge in [0.05, 0.1) is 0 Å². The molecule has 2 atom stereocenters. The van der Waals surface area contributed by atoms with E-state index in [4.69, 9.17) is 0 Å². The van der Waals surface area contributed by atoms with Gasteiger partial charge in [0, 0.05) is 43.8 Å². The van der Waals surface area contributed by atoms with Crippen molar-refractivity contribution >= 4 is 11.6 Å². The van der Waals surface area contributed by atoms with Crippen LogP contribution in [0, 0.1) is 12.3 Å². The van der Waals surface area contributed by atoms with Gasteiger partial charge in [0.1, 0.15) is 0 Å². The number of rotatable bonds is 1. The fraction of sp³-hybridized carbons (Fsp3) is 0.682. The van der Waals surface area contributed by atoms with Crippen LogP contribution in [0.5, 0.6) is 0 Å². The molecule has 2 bridgehead atoms. The molecule has 144 valence electrons. The first-order chi connectivity index (χ1) is 12.2. The largest absolute Gasteiger partial charge is 0.384 e. The molecular weight excluding hydrogens is 322 g/mol. The lowest BCUT2D eigenvalue weighted by atomic mass is 9.91. The summed E-state index contributed by atoms with van der Waals surface area (Å²) in [6.45, 7) is 11.1. The smallest absolute Gasteiger partial charge is 0.223 e.